The summed E-state index contributed by atoms with van der Waals surface area (Å²) in [5.74, 6) is 2.46. The Kier molecular flexibility index (Phi) is 6.73. The minimum Gasteiger partial charge on any atom is -0.483 e. The summed E-state index contributed by atoms with van der Waals surface area (Å²) in [5.41, 5.74) is 4.59. The molecule has 0 bridgehead atoms. The molecule has 1 unspecified atom stereocenters. The highest BCUT2D eigenvalue weighted by atomic mass is 32.2. The molecule has 0 N–H and O–H groups in total. The molecule has 7 heteroatoms. The molecule has 4 rings (SSSR count). The van der Waals surface area contributed by atoms with Crippen LogP contribution in [0.3, 0.4) is 0 Å². The van der Waals surface area contributed by atoms with Crippen molar-refractivity contribution in [2.45, 2.75) is 51.3 Å². The van der Waals surface area contributed by atoms with Crippen molar-refractivity contribution in [3.05, 3.63) is 76.6 Å². The fraction of sp³-hybridized carbons (Fsp3) is 0.292. The van der Waals surface area contributed by atoms with E-state index >= 15 is 0 Å². The van der Waals surface area contributed by atoms with Crippen LogP contribution >= 0.6 is 23.1 Å². The number of benzene rings is 2. The zero-order valence-electron chi connectivity index (χ0n) is 18.2. The van der Waals surface area contributed by atoms with Crippen molar-refractivity contribution in [1.29, 1.82) is 0 Å². The van der Waals surface area contributed by atoms with Gasteiger partial charge in [0, 0.05) is 23.2 Å². The predicted molar refractivity (Wildman–Crippen MR) is 128 cm³/mol. The average molecular weight is 451 g/mol. The van der Waals surface area contributed by atoms with E-state index in [1.54, 1.807) is 23.1 Å². The van der Waals surface area contributed by atoms with Gasteiger partial charge in [0.1, 0.15) is 10.8 Å². The lowest BCUT2D eigenvalue weighted by atomic mass is 10.1. The maximum absolute atomic E-state index is 6.19. The Labute approximate surface area is 191 Å². The van der Waals surface area contributed by atoms with Gasteiger partial charge < -0.3 is 9.30 Å². The van der Waals surface area contributed by atoms with E-state index in [0.717, 1.165) is 45.3 Å². The molecule has 5 nitrogen and oxygen atoms in total. The SMILES string of the molecule is CCn1c(SCc2csc(-c3ccccc3)n2)nnc1C(C)Oc1cc(C)cc(C)c1. The van der Waals surface area contributed by atoms with Gasteiger partial charge in [0.15, 0.2) is 17.1 Å². The van der Waals surface area contributed by atoms with Crippen LogP contribution in [0.25, 0.3) is 10.6 Å². The van der Waals surface area contributed by atoms with E-state index in [9.17, 15) is 0 Å². The van der Waals surface area contributed by atoms with Gasteiger partial charge in [0.05, 0.1) is 5.69 Å². The van der Waals surface area contributed by atoms with E-state index in [-0.39, 0.29) is 6.10 Å². The van der Waals surface area contributed by atoms with E-state index in [1.165, 1.54) is 11.1 Å². The van der Waals surface area contributed by atoms with Gasteiger partial charge in [-0.05, 0) is 51.0 Å². The summed E-state index contributed by atoms with van der Waals surface area (Å²) < 4.78 is 8.32. The number of hydrogen-bond acceptors (Lipinski definition) is 6. The lowest BCUT2D eigenvalue weighted by Crippen LogP contribution is -2.12. The summed E-state index contributed by atoms with van der Waals surface area (Å²) in [4.78, 5) is 4.78. The van der Waals surface area contributed by atoms with E-state index in [4.69, 9.17) is 9.72 Å². The Bertz CT molecular complexity index is 1130. The number of thiazole rings is 1. The van der Waals surface area contributed by atoms with Crippen molar-refractivity contribution in [3.8, 4) is 16.3 Å². The Hall–Kier alpha value is -2.64. The second-order valence-corrected chi connectivity index (χ2v) is 9.27. The van der Waals surface area contributed by atoms with Crippen LogP contribution in [-0.4, -0.2) is 19.7 Å². The highest BCUT2D eigenvalue weighted by molar-refractivity contribution is 7.98. The monoisotopic (exact) mass is 450 g/mol. The molecule has 0 spiro atoms. The van der Waals surface area contributed by atoms with Crippen molar-refractivity contribution in [2.75, 3.05) is 0 Å². The first-order valence-electron chi connectivity index (χ1n) is 10.3. The number of hydrogen-bond donors (Lipinski definition) is 0. The van der Waals surface area contributed by atoms with Crippen LogP contribution in [0.4, 0.5) is 0 Å². The van der Waals surface area contributed by atoms with Gasteiger partial charge in [-0.15, -0.1) is 21.5 Å². The molecule has 0 aliphatic rings. The molecule has 2 heterocycles. The van der Waals surface area contributed by atoms with Gasteiger partial charge >= 0.3 is 0 Å². The van der Waals surface area contributed by atoms with Crippen LogP contribution in [0.15, 0.2) is 59.1 Å². The second kappa shape index (κ2) is 9.66. The minimum atomic E-state index is -0.188. The summed E-state index contributed by atoms with van der Waals surface area (Å²) in [7, 11) is 0. The topological polar surface area (TPSA) is 52.8 Å². The first-order chi connectivity index (χ1) is 15.0. The number of thioether (sulfide) groups is 1. The number of nitrogens with zero attached hydrogens (tertiary/aromatic N) is 4. The van der Waals surface area contributed by atoms with Crippen LogP contribution in [-0.2, 0) is 12.3 Å². The van der Waals surface area contributed by atoms with Gasteiger partial charge in [-0.2, -0.15) is 0 Å². The largest absolute Gasteiger partial charge is 0.483 e. The highest BCUT2D eigenvalue weighted by Gasteiger charge is 2.19. The second-order valence-electron chi connectivity index (χ2n) is 7.47. The number of aryl methyl sites for hydroxylation is 2. The molecule has 0 aliphatic heterocycles. The third kappa shape index (κ3) is 5.17. The quantitative estimate of drug-likeness (QED) is 0.288. The smallest absolute Gasteiger partial charge is 0.191 e. The van der Waals surface area contributed by atoms with Gasteiger partial charge in [-0.25, -0.2) is 4.98 Å². The first kappa shape index (κ1) is 21.6. The maximum Gasteiger partial charge on any atom is 0.191 e. The molecule has 31 heavy (non-hydrogen) atoms. The van der Waals surface area contributed by atoms with Crippen molar-refractivity contribution in [3.63, 3.8) is 0 Å². The van der Waals surface area contributed by atoms with E-state index in [2.05, 4.69) is 71.2 Å². The van der Waals surface area contributed by atoms with Crippen molar-refractivity contribution in [2.24, 2.45) is 0 Å². The Balaban J connectivity index is 1.45. The predicted octanol–water partition coefficient (Wildman–Crippen LogP) is 6.47. The van der Waals surface area contributed by atoms with E-state index < -0.39 is 0 Å². The number of rotatable bonds is 8. The fourth-order valence-electron chi connectivity index (χ4n) is 3.49. The van der Waals surface area contributed by atoms with Crippen LogP contribution in [0.5, 0.6) is 5.75 Å². The Morgan fingerprint density at radius 3 is 2.52 bits per heavy atom. The summed E-state index contributed by atoms with van der Waals surface area (Å²) in [5, 5.41) is 12.9. The summed E-state index contributed by atoms with van der Waals surface area (Å²) in [6.07, 6.45) is -0.188. The van der Waals surface area contributed by atoms with Crippen LogP contribution in [0.1, 0.15) is 42.6 Å². The Morgan fingerprint density at radius 2 is 1.81 bits per heavy atom. The van der Waals surface area contributed by atoms with Gasteiger partial charge in [-0.1, -0.05) is 48.2 Å². The van der Waals surface area contributed by atoms with Crippen LogP contribution < -0.4 is 4.74 Å². The van der Waals surface area contributed by atoms with Crippen molar-refractivity contribution in [1.82, 2.24) is 19.7 Å². The summed E-state index contributed by atoms with van der Waals surface area (Å²) >= 11 is 3.33. The molecule has 2 aromatic heterocycles. The molecular formula is C24H26N4OS2. The normalized spacial score (nSPS) is 12.1. The average Bonchev–Trinajstić information content (AvgIpc) is 3.39. The summed E-state index contributed by atoms with van der Waals surface area (Å²) in [6.45, 7) is 9.08. The molecule has 0 amide bonds. The van der Waals surface area contributed by atoms with Gasteiger partial charge in [0.2, 0.25) is 0 Å². The standard InChI is InChI=1S/C24H26N4OS2/c1-5-28-22(18(4)29-21-12-16(2)11-17(3)13-21)26-27-24(28)31-15-20-14-30-23(25-20)19-9-7-6-8-10-19/h6-14,18H,5,15H2,1-4H3. The molecule has 0 saturated carbocycles. The summed E-state index contributed by atoms with van der Waals surface area (Å²) in [6, 6.07) is 16.5. The van der Waals surface area contributed by atoms with Gasteiger partial charge in [0.25, 0.3) is 0 Å². The Morgan fingerprint density at radius 1 is 1.06 bits per heavy atom. The molecule has 0 saturated heterocycles. The molecule has 0 fully saturated rings. The molecular weight excluding hydrogens is 424 g/mol. The van der Waals surface area contributed by atoms with E-state index in [1.807, 2.05) is 25.1 Å². The molecule has 0 radical (unpaired) electrons. The molecule has 0 aliphatic carbocycles. The van der Waals surface area contributed by atoms with Crippen molar-refractivity contribution < 1.29 is 4.74 Å². The van der Waals surface area contributed by atoms with E-state index in [0.29, 0.717) is 0 Å². The zero-order chi connectivity index (χ0) is 21.8. The lowest BCUT2D eigenvalue weighted by Gasteiger charge is -2.16. The molecule has 1 atom stereocenters. The third-order valence-electron chi connectivity index (χ3n) is 4.85. The highest BCUT2D eigenvalue weighted by Crippen LogP contribution is 2.29. The molecule has 4 aromatic rings. The molecule has 2 aromatic carbocycles. The maximum atomic E-state index is 6.19. The lowest BCUT2D eigenvalue weighted by molar-refractivity contribution is 0.209. The van der Waals surface area contributed by atoms with Crippen LogP contribution in [0, 0.1) is 13.8 Å². The van der Waals surface area contributed by atoms with Crippen molar-refractivity contribution >= 4 is 23.1 Å². The number of aromatic nitrogens is 4. The molecule has 160 valence electrons. The van der Waals surface area contributed by atoms with Gasteiger partial charge in [-0.3, -0.25) is 0 Å². The fourth-order valence-corrected chi connectivity index (χ4v) is 5.32. The minimum absolute atomic E-state index is 0.188. The first-order valence-corrected chi connectivity index (χ1v) is 12.2. The third-order valence-corrected chi connectivity index (χ3v) is 6.80. The van der Waals surface area contributed by atoms with Crippen LogP contribution in [0.2, 0.25) is 0 Å². The number of ether oxygens (including phenoxy) is 1. The zero-order valence-corrected chi connectivity index (χ0v) is 19.8.